The maximum Gasteiger partial charge on any atom is 0.185 e. The zero-order valence-electron chi connectivity index (χ0n) is 27.7. The fraction of sp³-hybridized carbons (Fsp3) is 0.0417. The summed E-state index contributed by atoms with van der Waals surface area (Å²) in [6, 6.07) is 60.6. The maximum absolute atomic E-state index is 6.01. The molecule has 0 radical (unpaired) electrons. The highest BCUT2D eigenvalue weighted by molar-refractivity contribution is 8.00. The van der Waals surface area contributed by atoms with E-state index in [2.05, 4.69) is 181 Å². The van der Waals surface area contributed by atoms with Crippen LogP contribution < -0.4 is 4.90 Å². The molecule has 2 heterocycles. The van der Waals surface area contributed by atoms with E-state index in [1.165, 1.54) is 32.7 Å². The Morgan fingerprint density at radius 2 is 1.12 bits per heavy atom. The van der Waals surface area contributed by atoms with E-state index in [0.717, 1.165) is 50.1 Å². The van der Waals surface area contributed by atoms with Crippen LogP contribution in [0.2, 0.25) is 0 Å². The summed E-state index contributed by atoms with van der Waals surface area (Å²) in [4.78, 5) is 3.73. The minimum atomic E-state index is 0.449. The summed E-state index contributed by atoms with van der Waals surface area (Å²) in [5, 5.41) is 2.65. The molecule has 0 saturated carbocycles. The fourth-order valence-electron chi connectivity index (χ4n) is 7.50. The smallest absolute Gasteiger partial charge is 0.185 e. The number of nitrogens with zero attached hydrogens (tertiary/aromatic N) is 1. The second-order valence-electron chi connectivity index (χ2n) is 13.1. The summed E-state index contributed by atoms with van der Waals surface area (Å²) in [6.45, 7) is 0. The second-order valence-corrected chi connectivity index (χ2v) is 14.4. The van der Waals surface area contributed by atoms with Crippen LogP contribution in [0.25, 0.3) is 55.3 Å². The van der Waals surface area contributed by atoms with Gasteiger partial charge < -0.3 is 9.32 Å². The highest BCUT2D eigenvalue weighted by Gasteiger charge is 2.31. The van der Waals surface area contributed by atoms with E-state index in [9.17, 15) is 0 Å². The maximum atomic E-state index is 6.01. The minimum absolute atomic E-state index is 0.449. The van der Waals surface area contributed by atoms with Crippen molar-refractivity contribution in [3.63, 3.8) is 0 Å². The molecular weight excluding hydrogens is 639 g/mol. The van der Waals surface area contributed by atoms with Gasteiger partial charge in [0.2, 0.25) is 0 Å². The monoisotopic (exact) mass is 669 g/mol. The summed E-state index contributed by atoms with van der Waals surface area (Å²) in [5.41, 5.74) is 13.5. The zero-order valence-corrected chi connectivity index (χ0v) is 28.5. The van der Waals surface area contributed by atoms with E-state index >= 15 is 0 Å². The van der Waals surface area contributed by atoms with Gasteiger partial charge in [0, 0.05) is 43.9 Å². The topological polar surface area (TPSA) is 16.4 Å². The molecule has 1 aliphatic carbocycles. The molecule has 10 rings (SSSR count). The first-order chi connectivity index (χ1) is 25.2. The predicted molar refractivity (Wildman–Crippen MR) is 213 cm³/mol. The van der Waals surface area contributed by atoms with Gasteiger partial charge in [-0.3, -0.25) is 0 Å². The number of benzene rings is 6. The highest BCUT2D eigenvalue weighted by Crippen LogP contribution is 2.49. The molecule has 3 heteroatoms. The lowest BCUT2D eigenvalue weighted by Gasteiger charge is -2.26. The quantitative estimate of drug-likeness (QED) is 0.175. The summed E-state index contributed by atoms with van der Waals surface area (Å²) in [7, 11) is 0. The summed E-state index contributed by atoms with van der Waals surface area (Å²) in [6.07, 6.45) is 9.03. The third kappa shape index (κ3) is 5.33. The summed E-state index contributed by atoms with van der Waals surface area (Å²) in [5.74, 6) is 0.449. The van der Waals surface area contributed by atoms with Crippen molar-refractivity contribution in [2.45, 2.75) is 16.1 Å². The van der Waals surface area contributed by atoms with E-state index in [0.29, 0.717) is 11.2 Å². The van der Waals surface area contributed by atoms with Gasteiger partial charge in [-0.1, -0.05) is 109 Å². The van der Waals surface area contributed by atoms with E-state index in [1.807, 2.05) is 23.9 Å². The molecule has 2 unspecified atom stereocenters. The molecule has 51 heavy (non-hydrogen) atoms. The molecule has 0 saturated heterocycles. The van der Waals surface area contributed by atoms with E-state index < -0.39 is 0 Å². The van der Waals surface area contributed by atoms with Gasteiger partial charge in [0.25, 0.3) is 0 Å². The van der Waals surface area contributed by atoms with Crippen molar-refractivity contribution in [1.29, 1.82) is 0 Å². The molecule has 0 N–H and O–H groups in total. The lowest BCUT2D eigenvalue weighted by molar-refractivity contribution is 0.669. The number of hydrogen-bond donors (Lipinski definition) is 0. The van der Waals surface area contributed by atoms with Gasteiger partial charge in [-0.15, -0.1) is 11.8 Å². The van der Waals surface area contributed by atoms with Gasteiger partial charge in [0.15, 0.2) is 5.58 Å². The standard InChI is InChI=1S/C48H31NOS/c1-2-8-32(9-3-1)33-14-22-38(23-15-33)49(39-24-16-34(17-25-39)36-20-28-46-43(30-36)41-10-4-6-12-45(41)50-46)40-26-18-35(19-27-40)37-21-29-48-44(31-37)42-11-5-7-13-47(42)51-48/h1-5,7-11,13-31,42,47H. The van der Waals surface area contributed by atoms with Crippen LogP contribution in [0.5, 0.6) is 0 Å². The molecule has 8 aromatic rings. The number of anilines is 3. The molecule has 240 valence electrons. The Kier molecular flexibility index (Phi) is 7.15. The van der Waals surface area contributed by atoms with Gasteiger partial charge in [0.1, 0.15) is 5.58 Å². The number of hydrogen-bond acceptors (Lipinski definition) is 3. The fourth-order valence-corrected chi connectivity index (χ4v) is 8.82. The van der Waals surface area contributed by atoms with Crippen molar-refractivity contribution in [3.8, 4) is 33.4 Å². The van der Waals surface area contributed by atoms with Crippen LogP contribution in [0.3, 0.4) is 0 Å². The average molecular weight is 670 g/mol. The van der Waals surface area contributed by atoms with Crippen molar-refractivity contribution in [1.82, 2.24) is 0 Å². The third-order valence-electron chi connectivity index (χ3n) is 10.1. The van der Waals surface area contributed by atoms with Gasteiger partial charge in [-0.05, 0) is 118 Å². The Morgan fingerprint density at radius 3 is 1.82 bits per heavy atom. The molecule has 0 fully saturated rings. The molecule has 1 aromatic heterocycles. The Balaban J connectivity index is 1.00. The zero-order chi connectivity index (χ0) is 33.7. The predicted octanol–water partition coefficient (Wildman–Crippen LogP) is 13.3. The molecule has 1 aliphatic heterocycles. The van der Waals surface area contributed by atoms with Crippen molar-refractivity contribution in [2.75, 3.05) is 4.90 Å². The number of rotatable bonds is 6. The average Bonchev–Trinajstić information content (AvgIpc) is 3.77. The van der Waals surface area contributed by atoms with E-state index in [4.69, 9.17) is 4.42 Å². The van der Waals surface area contributed by atoms with Crippen LogP contribution in [0.1, 0.15) is 11.5 Å². The Labute approximate surface area is 302 Å². The molecule has 7 aromatic carbocycles. The van der Waals surface area contributed by atoms with Crippen LogP contribution in [0.4, 0.5) is 17.1 Å². The molecule has 2 nitrogen and oxygen atoms in total. The molecular formula is C48H31NOS. The first kappa shape index (κ1) is 29.7. The first-order valence-electron chi connectivity index (χ1n) is 17.3. The molecule has 2 atom stereocenters. The van der Waals surface area contributed by atoms with Crippen LogP contribution in [0.15, 0.2) is 185 Å². The van der Waals surface area contributed by atoms with Crippen molar-refractivity contribution >= 4 is 50.8 Å². The van der Waals surface area contributed by atoms with Gasteiger partial charge in [0.05, 0.1) is 0 Å². The molecule has 0 amide bonds. The molecule has 2 aliphatic rings. The lowest BCUT2D eigenvalue weighted by Crippen LogP contribution is -2.09. The van der Waals surface area contributed by atoms with Gasteiger partial charge in [-0.25, -0.2) is 0 Å². The van der Waals surface area contributed by atoms with Crippen LogP contribution in [0, 0.1) is 12.1 Å². The number of thioether (sulfide) groups is 1. The Morgan fingerprint density at radius 1 is 0.529 bits per heavy atom. The first-order valence-corrected chi connectivity index (χ1v) is 18.2. The Bertz CT molecular complexity index is 2600. The SMILES string of the molecule is c1ccc2c(c#1)oc1ccc(-c3ccc(N(c4ccc(-c5ccccc5)cc4)c4ccc(-c5ccc6c(c5)C5C=CC=CC5S6)cc4)cc3)cc12. The largest absolute Gasteiger partial charge is 0.447 e. The van der Waals surface area contributed by atoms with Gasteiger partial charge in [-0.2, -0.15) is 0 Å². The molecule has 0 spiro atoms. The van der Waals surface area contributed by atoms with Crippen molar-refractivity contribution in [3.05, 3.63) is 194 Å². The minimum Gasteiger partial charge on any atom is -0.447 e. The third-order valence-corrected chi connectivity index (χ3v) is 11.5. The summed E-state index contributed by atoms with van der Waals surface area (Å²) >= 11 is 1.97. The van der Waals surface area contributed by atoms with Crippen LogP contribution >= 0.6 is 11.8 Å². The van der Waals surface area contributed by atoms with Gasteiger partial charge >= 0.3 is 0 Å². The van der Waals surface area contributed by atoms with Crippen LogP contribution in [-0.4, -0.2) is 5.25 Å². The summed E-state index contributed by atoms with van der Waals surface area (Å²) < 4.78 is 6.01. The Hall–Kier alpha value is -6.21. The van der Waals surface area contributed by atoms with E-state index in [1.54, 1.807) is 0 Å². The normalized spacial score (nSPS) is 15.8. The number of allylic oxidation sites excluding steroid dienone is 3. The highest BCUT2D eigenvalue weighted by atomic mass is 32.2. The van der Waals surface area contributed by atoms with Crippen molar-refractivity contribution in [2.24, 2.45) is 0 Å². The van der Waals surface area contributed by atoms with E-state index in [-0.39, 0.29) is 0 Å². The second kappa shape index (κ2) is 12.3. The lowest BCUT2D eigenvalue weighted by atomic mass is 9.90. The van der Waals surface area contributed by atoms with Crippen LogP contribution in [-0.2, 0) is 0 Å². The number of fused-ring (bicyclic) bond motifs is 6. The van der Waals surface area contributed by atoms with Crippen molar-refractivity contribution < 1.29 is 4.42 Å². The molecule has 0 bridgehead atoms. The number of furan rings is 1.